The third-order valence-corrected chi connectivity index (χ3v) is 6.28. The highest BCUT2D eigenvalue weighted by molar-refractivity contribution is 6.04. The summed E-state index contributed by atoms with van der Waals surface area (Å²) in [7, 11) is 1.70. The molecule has 1 aliphatic heterocycles. The summed E-state index contributed by atoms with van der Waals surface area (Å²) >= 11 is 0. The van der Waals surface area contributed by atoms with Crippen molar-refractivity contribution in [2.24, 2.45) is 0 Å². The van der Waals surface area contributed by atoms with Gasteiger partial charge >= 0.3 is 0 Å². The van der Waals surface area contributed by atoms with Crippen molar-refractivity contribution < 1.29 is 18.4 Å². The van der Waals surface area contributed by atoms with Crippen LogP contribution in [-0.4, -0.2) is 61.4 Å². The zero-order valence-electron chi connectivity index (χ0n) is 20.0. The summed E-state index contributed by atoms with van der Waals surface area (Å²) in [6.07, 6.45) is 2.46. The molecule has 8 heteroatoms. The number of carbonyl (C=O) groups excluding carboxylic acids is 2. The zero-order valence-corrected chi connectivity index (χ0v) is 20.0. The largest absolute Gasteiger partial charge is 0.467 e. The number of halogens is 1. The summed E-state index contributed by atoms with van der Waals surface area (Å²) in [5, 5.41) is 2.84. The van der Waals surface area contributed by atoms with E-state index in [1.54, 1.807) is 54.6 Å². The van der Waals surface area contributed by atoms with Gasteiger partial charge in [0.15, 0.2) is 0 Å². The number of para-hydroxylation sites is 1. The summed E-state index contributed by atoms with van der Waals surface area (Å²) < 4.78 is 19.3. The number of anilines is 1. The van der Waals surface area contributed by atoms with E-state index in [0.717, 1.165) is 32.6 Å². The van der Waals surface area contributed by atoms with E-state index in [1.165, 1.54) is 6.07 Å². The number of hydrogen-bond donors (Lipinski definition) is 1. The Kier molecular flexibility index (Phi) is 8.28. The fraction of sp³-hybridized carbons (Fsp3) is 0.333. The molecule has 0 aliphatic carbocycles. The van der Waals surface area contributed by atoms with Crippen LogP contribution in [0.3, 0.4) is 0 Å². The van der Waals surface area contributed by atoms with Crippen LogP contribution in [0.1, 0.15) is 28.1 Å². The van der Waals surface area contributed by atoms with E-state index < -0.39 is 0 Å². The van der Waals surface area contributed by atoms with Crippen LogP contribution < -0.4 is 10.2 Å². The van der Waals surface area contributed by atoms with Crippen molar-refractivity contribution in [3.8, 4) is 0 Å². The minimum atomic E-state index is -0.268. The molecule has 0 atom stereocenters. The third-order valence-electron chi connectivity index (χ3n) is 6.28. The quantitative estimate of drug-likeness (QED) is 0.537. The Morgan fingerprint density at radius 1 is 0.971 bits per heavy atom. The predicted octanol–water partition coefficient (Wildman–Crippen LogP) is 3.52. The lowest BCUT2D eigenvalue weighted by atomic mass is 10.1. The molecule has 184 valence electrons. The van der Waals surface area contributed by atoms with Gasteiger partial charge in [-0.1, -0.05) is 30.3 Å². The smallest absolute Gasteiger partial charge is 0.253 e. The Bertz CT molecular complexity index is 1130. The summed E-state index contributed by atoms with van der Waals surface area (Å²) in [6.45, 7) is 4.22. The van der Waals surface area contributed by atoms with Crippen molar-refractivity contribution in [1.82, 2.24) is 15.1 Å². The van der Waals surface area contributed by atoms with Gasteiger partial charge in [0.2, 0.25) is 5.91 Å². The Labute approximate surface area is 205 Å². The molecule has 1 aromatic heterocycles. The van der Waals surface area contributed by atoms with Crippen molar-refractivity contribution in [3.05, 3.63) is 89.6 Å². The van der Waals surface area contributed by atoms with E-state index in [0.29, 0.717) is 29.1 Å². The van der Waals surface area contributed by atoms with Gasteiger partial charge in [-0.2, -0.15) is 0 Å². The molecule has 0 radical (unpaired) electrons. The van der Waals surface area contributed by atoms with Crippen LogP contribution in [0.15, 0.2) is 71.3 Å². The van der Waals surface area contributed by atoms with Crippen LogP contribution in [0.5, 0.6) is 0 Å². The summed E-state index contributed by atoms with van der Waals surface area (Å²) in [6, 6.07) is 17.5. The first-order valence-corrected chi connectivity index (χ1v) is 11.9. The van der Waals surface area contributed by atoms with Crippen LogP contribution in [0, 0.1) is 5.82 Å². The summed E-state index contributed by atoms with van der Waals surface area (Å²) in [5.74, 6) is 0.122. The van der Waals surface area contributed by atoms with Crippen LogP contribution in [0.2, 0.25) is 0 Å². The number of benzene rings is 2. The topological polar surface area (TPSA) is 69.0 Å². The first-order valence-electron chi connectivity index (χ1n) is 11.9. The fourth-order valence-electron chi connectivity index (χ4n) is 4.27. The number of rotatable bonds is 8. The summed E-state index contributed by atoms with van der Waals surface area (Å²) in [4.78, 5) is 31.8. The summed E-state index contributed by atoms with van der Waals surface area (Å²) in [5.41, 5.74) is 1.69. The molecular formula is C27H31FN4O3. The van der Waals surface area contributed by atoms with Gasteiger partial charge in [-0.15, -0.1) is 0 Å². The van der Waals surface area contributed by atoms with E-state index in [9.17, 15) is 14.0 Å². The number of amides is 2. The molecule has 0 spiro atoms. The number of furan rings is 1. The number of likely N-dealkylation sites (N-methyl/N-ethyl adjacent to an activating group) is 1. The second-order valence-electron chi connectivity index (χ2n) is 8.73. The van der Waals surface area contributed by atoms with Gasteiger partial charge in [0.1, 0.15) is 11.6 Å². The average molecular weight is 479 g/mol. The minimum absolute atomic E-state index is 0.0844. The highest BCUT2D eigenvalue weighted by Crippen LogP contribution is 2.20. The van der Waals surface area contributed by atoms with Gasteiger partial charge in [-0.25, -0.2) is 4.39 Å². The maximum Gasteiger partial charge on any atom is 0.253 e. The first kappa shape index (κ1) is 24.6. The Balaban J connectivity index is 1.33. The van der Waals surface area contributed by atoms with Crippen molar-refractivity contribution in [3.63, 3.8) is 0 Å². The van der Waals surface area contributed by atoms with Gasteiger partial charge in [-0.05, 0) is 49.8 Å². The molecule has 0 saturated carbocycles. The Hall–Kier alpha value is -3.49. The normalized spacial score (nSPS) is 14.9. The number of nitrogens with zero attached hydrogens (tertiary/aromatic N) is 3. The molecule has 7 nitrogen and oxygen atoms in total. The van der Waals surface area contributed by atoms with Gasteiger partial charge < -0.3 is 14.6 Å². The van der Waals surface area contributed by atoms with Crippen molar-refractivity contribution in [2.45, 2.75) is 19.5 Å². The third kappa shape index (κ3) is 6.55. The van der Waals surface area contributed by atoms with Crippen LogP contribution in [0.4, 0.5) is 10.1 Å². The number of carbonyl (C=O) groups is 2. The van der Waals surface area contributed by atoms with Crippen LogP contribution >= 0.6 is 0 Å². The second-order valence-corrected chi connectivity index (χ2v) is 8.73. The second kappa shape index (κ2) is 11.8. The molecule has 4 rings (SSSR count). The van der Waals surface area contributed by atoms with Gasteiger partial charge in [0, 0.05) is 32.2 Å². The van der Waals surface area contributed by atoms with E-state index in [4.69, 9.17) is 4.42 Å². The van der Waals surface area contributed by atoms with Crippen molar-refractivity contribution in [1.29, 1.82) is 0 Å². The molecule has 1 saturated heterocycles. The Morgan fingerprint density at radius 3 is 2.51 bits per heavy atom. The lowest BCUT2D eigenvalue weighted by Gasteiger charge is -2.25. The van der Waals surface area contributed by atoms with Gasteiger partial charge in [0.25, 0.3) is 5.91 Å². The molecule has 2 aromatic carbocycles. The molecule has 1 N–H and O–H groups in total. The van der Waals surface area contributed by atoms with Crippen LogP contribution in [0.25, 0.3) is 0 Å². The molecule has 1 aliphatic rings. The van der Waals surface area contributed by atoms with E-state index in [2.05, 4.69) is 15.1 Å². The highest BCUT2D eigenvalue weighted by atomic mass is 19.1. The molecule has 2 heterocycles. The maximum atomic E-state index is 14.0. The monoisotopic (exact) mass is 478 g/mol. The zero-order chi connectivity index (χ0) is 24.6. The molecule has 2 amide bonds. The lowest BCUT2D eigenvalue weighted by molar-refractivity contribution is -0.119. The maximum absolute atomic E-state index is 14.0. The molecule has 1 fully saturated rings. The Morgan fingerprint density at radius 2 is 1.71 bits per heavy atom. The van der Waals surface area contributed by atoms with Crippen LogP contribution in [-0.2, 0) is 17.9 Å². The van der Waals surface area contributed by atoms with Gasteiger partial charge in [-0.3, -0.25) is 19.4 Å². The molecule has 0 unspecified atom stereocenters. The molecular weight excluding hydrogens is 447 g/mol. The minimum Gasteiger partial charge on any atom is -0.467 e. The van der Waals surface area contributed by atoms with Crippen molar-refractivity contribution >= 4 is 17.5 Å². The lowest BCUT2D eigenvalue weighted by Crippen LogP contribution is -2.41. The first-order chi connectivity index (χ1) is 17.0. The van der Waals surface area contributed by atoms with Gasteiger partial charge in [0.05, 0.1) is 30.6 Å². The number of nitrogens with one attached hydrogen (secondary N) is 1. The molecule has 0 bridgehead atoms. The van der Waals surface area contributed by atoms with Crippen molar-refractivity contribution in [2.75, 3.05) is 44.7 Å². The average Bonchev–Trinajstić information content (AvgIpc) is 3.30. The standard InChI is InChI=1S/C27H31FN4O3/c1-30(25-12-5-3-10-23(25)27(34)29-18-22-9-6-17-35-22)26(33)20-32-14-7-13-31(15-16-32)19-21-8-2-4-11-24(21)28/h2-6,8-12,17H,7,13-16,18-20H2,1H3,(H,29,34). The highest BCUT2D eigenvalue weighted by Gasteiger charge is 2.22. The predicted molar refractivity (Wildman–Crippen MR) is 132 cm³/mol. The SMILES string of the molecule is CN(C(=O)CN1CCCN(Cc2ccccc2F)CC1)c1ccccc1C(=O)NCc1ccco1. The number of hydrogen-bond acceptors (Lipinski definition) is 5. The van der Waals surface area contributed by atoms with E-state index in [-0.39, 0.29) is 30.7 Å². The molecule has 3 aromatic rings. The van der Waals surface area contributed by atoms with E-state index in [1.807, 2.05) is 18.2 Å². The fourth-order valence-corrected chi connectivity index (χ4v) is 4.27. The van der Waals surface area contributed by atoms with E-state index >= 15 is 0 Å². The molecule has 35 heavy (non-hydrogen) atoms.